The zero-order valence-electron chi connectivity index (χ0n) is 8.30. The van der Waals surface area contributed by atoms with E-state index in [-0.39, 0.29) is 17.9 Å². The number of rotatable bonds is 2. The summed E-state index contributed by atoms with van der Waals surface area (Å²) in [5.74, 6) is -0.210. The highest BCUT2D eigenvalue weighted by Crippen LogP contribution is 2.02. The monoisotopic (exact) mass is 220 g/mol. The summed E-state index contributed by atoms with van der Waals surface area (Å²) in [4.78, 5) is 15.1. The first-order valence-electron chi connectivity index (χ1n) is 4.58. The average Bonchev–Trinajstić information content (AvgIpc) is 2.24. The molecule has 0 bridgehead atoms. The maximum Gasteiger partial charge on any atom is 0.267 e. The molecule has 0 aliphatic carbocycles. The molecule has 5 nitrogen and oxygen atoms in total. The van der Waals surface area contributed by atoms with Gasteiger partial charge in [-0.1, -0.05) is 0 Å². The molecule has 0 amide bonds. The number of anilines is 1. The Morgan fingerprint density at radius 2 is 2.19 bits per heavy atom. The summed E-state index contributed by atoms with van der Waals surface area (Å²) >= 11 is 0. The van der Waals surface area contributed by atoms with Crippen LogP contribution in [0.1, 0.15) is 5.56 Å². The Bertz CT molecular complexity index is 567. The lowest BCUT2D eigenvalue weighted by Crippen LogP contribution is -2.23. The van der Waals surface area contributed by atoms with Gasteiger partial charge in [-0.15, -0.1) is 0 Å². The standard InChI is InChI=1S/C10H9FN4O/c11-8-3-7(4-13-5-8)6-15-10(16)2-1-9(12)14-15/h1-5H,6H2,(H2,12,14). The lowest BCUT2D eigenvalue weighted by atomic mass is 10.3. The first-order chi connectivity index (χ1) is 7.65. The zero-order valence-corrected chi connectivity index (χ0v) is 8.30. The Morgan fingerprint density at radius 3 is 2.94 bits per heavy atom. The first kappa shape index (κ1) is 10.3. The first-order valence-corrected chi connectivity index (χ1v) is 4.58. The Kier molecular flexibility index (Phi) is 2.63. The summed E-state index contributed by atoms with van der Waals surface area (Å²) < 4.78 is 14.0. The van der Waals surface area contributed by atoms with Crippen molar-refractivity contribution in [2.45, 2.75) is 6.54 Å². The predicted molar refractivity (Wildman–Crippen MR) is 56.2 cm³/mol. The minimum Gasteiger partial charge on any atom is -0.382 e. The molecule has 0 aromatic carbocycles. The molecule has 2 N–H and O–H groups in total. The Hall–Kier alpha value is -2.24. The van der Waals surface area contributed by atoms with Crippen LogP contribution in [0.3, 0.4) is 0 Å². The third-order valence-electron chi connectivity index (χ3n) is 1.98. The Morgan fingerprint density at radius 1 is 1.38 bits per heavy atom. The van der Waals surface area contributed by atoms with Gasteiger partial charge in [0.25, 0.3) is 5.56 Å². The maximum absolute atomic E-state index is 12.9. The van der Waals surface area contributed by atoms with Crippen LogP contribution < -0.4 is 11.3 Å². The van der Waals surface area contributed by atoms with Crippen LogP contribution in [0.4, 0.5) is 10.2 Å². The molecule has 82 valence electrons. The van der Waals surface area contributed by atoms with Crippen LogP contribution >= 0.6 is 0 Å². The van der Waals surface area contributed by atoms with E-state index in [1.54, 1.807) is 0 Å². The predicted octanol–water partition coefficient (Wildman–Crippen LogP) is 0.408. The van der Waals surface area contributed by atoms with E-state index in [0.29, 0.717) is 5.56 Å². The van der Waals surface area contributed by atoms with E-state index in [9.17, 15) is 9.18 Å². The number of nitrogen functional groups attached to an aromatic ring is 1. The van der Waals surface area contributed by atoms with Crippen LogP contribution in [0.2, 0.25) is 0 Å². The second kappa shape index (κ2) is 4.09. The van der Waals surface area contributed by atoms with Crippen LogP contribution in [0.5, 0.6) is 0 Å². The van der Waals surface area contributed by atoms with Crippen molar-refractivity contribution in [3.05, 3.63) is 52.3 Å². The van der Waals surface area contributed by atoms with Gasteiger partial charge in [0.1, 0.15) is 11.6 Å². The van der Waals surface area contributed by atoms with Gasteiger partial charge in [0, 0.05) is 12.3 Å². The largest absolute Gasteiger partial charge is 0.382 e. The number of nitrogens with two attached hydrogens (primary N) is 1. The zero-order chi connectivity index (χ0) is 11.5. The highest BCUT2D eigenvalue weighted by atomic mass is 19.1. The van der Waals surface area contributed by atoms with Crippen LogP contribution in [-0.2, 0) is 6.54 Å². The van der Waals surface area contributed by atoms with Crippen molar-refractivity contribution >= 4 is 5.82 Å². The number of pyridine rings is 1. The molecule has 0 aliphatic rings. The van der Waals surface area contributed by atoms with E-state index in [1.807, 2.05) is 0 Å². The summed E-state index contributed by atoms with van der Waals surface area (Å²) in [7, 11) is 0. The summed E-state index contributed by atoms with van der Waals surface area (Å²) in [5.41, 5.74) is 5.71. The highest BCUT2D eigenvalue weighted by Gasteiger charge is 2.01. The number of hydrogen-bond donors (Lipinski definition) is 1. The van der Waals surface area contributed by atoms with Gasteiger partial charge in [0.2, 0.25) is 0 Å². The third kappa shape index (κ3) is 2.22. The van der Waals surface area contributed by atoms with Crippen LogP contribution in [0.25, 0.3) is 0 Å². The van der Waals surface area contributed by atoms with Crippen LogP contribution in [0.15, 0.2) is 35.4 Å². The van der Waals surface area contributed by atoms with Crippen molar-refractivity contribution in [3.8, 4) is 0 Å². The highest BCUT2D eigenvalue weighted by molar-refractivity contribution is 5.24. The summed E-state index contributed by atoms with van der Waals surface area (Å²) in [5, 5.41) is 3.83. The molecule has 6 heteroatoms. The molecular formula is C10H9FN4O. The minimum atomic E-state index is -0.450. The van der Waals surface area contributed by atoms with E-state index in [4.69, 9.17) is 5.73 Å². The molecule has 0 unspecified atom stereocenters. The number of halogens is 1. The van der Waals surface area contributed by atoms with Gasteiger partial charge in [0.05, 0.1) is 12.7 Å². The van der Waals surface area contributed by atoms with Crippen LogP contribution in [-0.4, -0.2) is 14.8 Å². The minimum absolute atomic E-state index is 0.147. The topological polar surface area (TPSA) is 73.8 Å². The Balaban J connectivity index is 2.34. The molecule has 2 rings (SSSR count). The van der Waals surface area contributed by atoms with Crippen molar-refractivity contribution in [2.75, 3.05) is 5.73 Å². The fourth-order valence-corrected chi connectivity index (χ4v) is 1.29. The van der Waals surface area contributed by atoms with Crippen molar-refractivity contribution in [2.24, 2.45) is 0 Å². The van der Waals surface area contributed by atoms with Gasteiger partial charge in [-0.3, -0.25) is 9.78 Å². The second-order valence-corrected chi connectivity index (χ2v) is 3.27. The van der Waals surface area contributed by atoms with Crippen molar-refractivity contribution in [3.63, 3.8) is 0 Å². The van der Waals surface area contributed by atoms with Crippen molar-refractivity contribution < 1.29 is 4.39 Å². The average molecular weight is 220 g/mol. The van der Waals surface area contributed by atoms with E-state index in [2.05, 4.69) is 10.1 Å². The smallest absolute Gasteiger partial charge is 0.267 e. The van der Waals surface area contributed by atoms with Gasteiger partial charge in [-0.05, 0) is 17.7 Å². The molecule has 16 heavy (non-hydrogen) atoms. The molecule has 2 heterocycles. The summed E-state index contributed by atoms with van der Waals surface area (Å²) in [6, 6.07) is 4.03. The molecule has 0 radical (unpaired) electrons. The lowest BCUT2D eigenvalue weighted by molar-refractivity contribution is 0.605. The van der Waals surface area contributed by atoms with Gasteiger partial charge in [0.15, 0.2) is 0 Å². The van der Waals surface area contributed by atoms with Gasteiger partial charge < -0.3 is 5.73 Å². The van der Waals surface area contributed by atoms with Gasteiger partial charge in [-0.25, -0.2) is 9.07 Å². The molecule has 2 aromatic rings. The second-order valence-electron chi connectivity index (χ2n) is 3.27. The fraction of sp³-hybridized carbons (Fsp3) is 0.100. The summed E-state index contributed by atoms with van der Waals surface area (Å²) in [6.45, 7) is 0.147. The molecule has 0 saturated heterocycles. The SMILES string of the molecule is Nc1ccc(=O)n(Cc2cncc(F)c2)n1. The fourth-order valence-electron chi connectivity index (χ4n) is 1.29. The number of aromatic nitrogens is 3. The van der Waals surface area contributed by atoms with Crippen molar-refractivity contribution in [1.82, 2.24) is 14.8 Å². The van der Waals surface area contributed by atoms with Gasteiger partial charge >= 0.3 is 0 Å². The third-order valence-corrected chi connectivity index (χ3v) is 1.98. The normalized spacial score (nSPS) is 10.3. The summed E-state index contributed by atoms with van der Waals surface area (Å²) in [6.07, 6.45) is 2.57. The molecule has 0 aliphatic heterocycles. The van der Waals surface area contributed by atoms with Gasteiger partial charge in [-0.2, -0.15) is 5.10 Å². The van der Waals surface area contributed by atoms with E-state index in [0.717, 1.165) is 10.9 Å². The molecule has 0 saturated carbocycles. The maximum atomic E-state index is 12.9. The molecule has 0 fully saturated rings. The molecular weight excluding hydrogens is 211 g/mol. The quantitative estimate of drug-likeness (QED) is 0.795. The van der Waals surface area contributed by atoms with Crippen LogP contribution in [0, 0.1) is 5.82 Å². The van der Waals surface area contributed by atoms with E-state index in [1.165, 1.54) is 24.4 Å². The molecule has 0 atom stereocenters. The number of hydrogen-bond acceptors (Lipinski definition) is 4. The van der Waals surface area contributed by atoms with Crippen molar-refractivity contribution in [1.29, 1.82) is 0 Å². The molecule has 0 spiro atoms. The van der Waals surface area contributed by atoms with E-state index < -0.39 is 5.82 Å². The Labute approximate surface area is 90.4 Å². The lowest BCUT2D eigenvalue weighted by Gasteiger charge is -2.04. The van der Waals surface area contributed by atoms with E-state index >= 15 is 0 Å². The number of nitrogens with zero attached hydrogens (tertiary/aromatic N) is 3. The molecule has 2 aromatic heterocycles.